The molecule has 0 aliphatic carbocycles. The van der Waals surface area contributed by atoms with E-state index in [4.69, 9.17) is 8.94 Å². The molecule has 0 bridgehead atoms. The van der Waals surface area contributed by atoms with Gasteiger partial charge < -0.3 is 13.8 Å². The summed E-state index contributed by atoms with van der Waals surface area (Å²) in [6.45, 7) is 3.35. The molecular weight excluding hydrogens is 352 g/mol. The van der Waals surface area contributed by atoms with Gasteiger partial charge >= 0.3 is 0 Å². The van der Waals surface area contributed by atoms with Crippen LogP contribution in [0.3, 0.4) is 0 Å². The molecule has 1 aliphatic heterocycles. The molecule has 7 nitrogen and oxygen atoms in total. The quantitative estimate of drug-likeness (QED) is 0.682. The molecule has 1 atom stereocenters. The first-order valence-electron chi connectivity index (χ1n) is 8.77. The van der Waals surface area contributed by atoms with E-state index in [0.717, 1.165) is 41.4 Å². The zero-order valence-electron chi connectivity index (χ0n) is 14.6. The fourth-order valence-corrected chi connectivity index (χ4v) is 4.07. The van der Waals surface area contributed by atoms with E-state index < -0.39 is 0 Å². The van der Waals surface area contributed by atoms with Gasteiger partial charge in [-0.3, -0.25) is 4.79 Å². The largest absolute Gasteiger partial charge is 0.469 e. The molecule has 1 saturated heterocycles. The van der Waals surface area contributed by atoms with E-state index in [0.29, 0.717) is 25.1 Å². The molecule has 1 amide bonds. The Bertz CT molecular complexity index is 871. The van der Waals surface area contributed by atoms with E-state index in [9.17, 15) is 4.79 Å². The Hall–Kier alpha value is -2.48. The lowest BCUT2D eigenvalue weighted by atomic mass is 9.93. The lowest BCUT2D eigenvalue weighted by molar-refractivity contribution is -0.132. The number of hydrogen-bond donors (Lipinski definition) is 0. The van der Waals surface area contributed by atoms with Gasteiger partial charge in [0.2, 0.25) is 5.91 Å². The maximum absolute atomic E-state index is 12.6. The summed E-state index contributed by atoms with van der Waals surface area (Å²) in [5.41, 5.74) is 1.74. The van der Waals surface area contributed by atoms with Crippen molar-refractivity contribution in [2.45, 2.75) is 38.5 Å². The summed E-state index contributed by atoms with van der Waals surface area (Å²) in [5.74, 6) is 1.88. The summed E-state index contributed by atoms with van der Waals surface area (Å²) in [6.07, 6.45) is 4.69. The van der Waals surface area contributed by atoms with Crippen molar-refractivity contribution in [3.8, 4) is 10.6 Å². The van der Waals surface area contributed by atoms with E-state index in [1.807, 2.05) is 30.0 Å². The molecule has 0 unspecified atom stereocenters. The van der Waals surface area contributed by atoms with Crippen LogP contribution in [0.1, 0.15) is 42.3 Å². The van der Waals surface area contributed by atoms with Gasteiger partial charge in [-0.25, -0.2) is 0 Å². The normalized spacial score (nSPS) is 17.6. The Balaban J connectivity index is 1.44. The fraction of sp³-hybridized carbons (Fsp3) is 0.444. The molecule has 136 valence electrons. The highest BCUT2D eigenvalue weighted by Crippen LogP contribution is 2.35. The molecule has 0 aromatic carbocycles. The van der Waals surface area contributed by atoms with E-state index in [1.165, 1.54) is 11.5 Å². The van der Waals surface area contributed by atoms with Crippen LogP contribution in [0.25, 0.3) is 10.6 Å². The number of rotatable bonds is 5. The van der Waals surface area contributed by atoms with Crippen molar-refractivity contribution in [3.05, 3.63) is 41.6 Å². The van der Waals surface area contributed by atoms with Crippen LogP contribution in [-0.4, -0.2) is 38.6 Å². The molecule has 8 heteroatoms. The van der Waals surface area contributed by atoms with Crippen molar-refractivity contribution in [3.63, 3.8) is 0 Å². The molecule has 0 saturated carbocycles. The Labute approximate surface area is 155 Å². The van der Waals surface area contributed by atoms with Gasteiger partial charge in [0.05, 0.1) is 17.7 Å². The summed E-state index contributed by atoms with van der Waals surface area (Å²) >= 11 is 1.32. The summed E-state index contributed by atoms with van der Waals surface area (Å²) in [7, 11) is 0. The third kappa shape index (κ3) is 3.55. The summed E-state index contributed by atoms with van der Waals surface area (Å²) in [4.78, 5) is 15.4. The molecule has 3 aromatic heterocycles. The van der Waals surface area contributed by atoms with Gasteiger partial charge in [-0.05, 0) is 43.4 Å². The van der Waals surface area contributed by atoms with E-state index in [-0.39, 0.29) is 11.8 Å². The molecule has 0 radical (unpaired) electrons. The van der Waals surface area contributed by atoms with Gasteiger partial charge in [0.1, 0.15) is 10.6 Å². The average molecular weight is 372 g/mol. The first kappa shape index (κ1) is 17.0. The first-order valence-corrected chi connectivity index (χ1v) is 9.54. The van der Waals surface area contributed by atoms with Gasteiger partial charge in [-0.15, -0.1) is 5.10 Å². The van der Waals surface area contributed by atoms with E-state index in [2.05, 4.69) is 14.7 Å². The molecule has 0 spiro atoms. The molecule has 0 N–H and O–H groups in total. The topological polar surface area (TPSA) is 85.3 Å². The number of furan rings is 1. The minimum atomic E-state index is 0.159. The van der Waals surface area contributed by atoms with Crippen molar-refractivity contribution >= 4 is 17.4 Å². The highest BCUT2D eigenvalue weighted by molar-refractivity contribution is 7.09. The number of aryl methyl sites for hydroxylation is 2. The Morgan fingerprint density at radius 3 is 3.15 bits per heavy atom. The number of likely N-dealkylation sites (tertiary alicyclic amines) is 1. The molecule has 4 rings (SSSR count). The van der Waals surface area contributed by atoms with Gasteiger partial charge in [-0.2, -0.15) is 0 Å². The molecule has 1 fully saturated rings. The predicted molar refractivity (Wildman–Crippen MR) is 95.7 cm³/mol. The van der Waals surface area contributed by atoms with E-state index in [1.54, 1.807) is 6.26 Å². The molecule has 26 heavy (non-hydrogen) atoms. The zero-order chi connectivity index (χ0) is 17.9. The van der Waals surface area contributed by atoms with Crippen molar-refractivity contribution in [2.75, 3.05) is 13.1 Å². The number of nitrogens with zero attached hydrogens (tertiary/aromatic N) is 4. The highest BCUT2D eigenvalue weighted by atomic mass is 32.1. The van der Waals surface area contributed by atoms with Crippen LogP contribution in [0.4, 0.5) is 0 Å². The SMILES string of the molecule is Cc1cc(-c2snnc2[C@@H]2CCCN(C(=O)CCc3ccco3)C2)on1. The number of hydrogen-bond acceptors (Lipinski definition) is 7. The van der Waals surface area contributed by atoms with Crippen LogP contribution in [0.2, 0.25) is 0 Å². The van der Waals surface area contributed by atoms with Crippen molar-refractivity contribution in [2.24, 2.45) is 0 Å². The van der Waals surface area contributed by atoms with Crippen LogP contribution in [0.5, 0.6) is 0 Å². The Morgan fingerprint density at radius 2 is 2.38 bits per heavy atom. The maximum Gasteiger partial charge on any atom is 0.223 e. The number of carbonyl (C=O) groups is 1. The number of carbonyl (C=O) groups excluding carboxylic acids is 1. The monoisotopic (exact) mass is 372 g/mol. The van der Waals surface area contributed by atoms with Crippen LogP contribution in [0.15, 0.2) is 33.4 Å². The standard InChI is InChI=1S/C18H20N4O3S/c1-12-10-15(25-20-12)18-17(19-21-26-18)13-4-2-8-22(11-13)16(23)7-6-14-5-3-9-24-14/h3,5,9-10,13H,2,4,6-8,11H2,1H3/t13-/m1/s1. The van der Waals surface area contributed by atoms with Crippen LogP contribution >= 0.6 is 11.5 Å². The zero-order valence-corrected chi connectivity index (χ0v) is 15.4. The summed E-state index contributed by atoms with van der Waals surface area (Å²) in [5, 5.41) is 8.29. The van der Waals surface area contributed by atoms with Crippen molar-refractivity contribution < 1.29 is 13.7 Å². The predicted octanol–water partition coefficient (Wildman–Crippen LogP) is 3.43. The second-order valence-corrected chi connectivity index (χ2v) is 7.33. The second kappa shape index (κ2) is 7.41. The van der Waals surface area contributed by atoms with Crippen molar-refractivity contribution in [1.82, 2.24) is 19.6 Å². The van der Waals surface area contributed by atoms with Crippen molar-refractivity contribution in [1.29, 1.82) is 0 Å². The van der Waals surface area contributed by atoms with Gasteiger partial charge in [-0.1, -0.05) is 9.64 Å². The molecule has 3 aromatic rings. The Kier molecular flexibility index (Phi) is 4.83. The van der Waals surface area contributed by atoms with Gasteiger partial charge in [0.25, 0.3) is 0 Å². The molecule has 1 aliphatic rings. The van der Waals surface area contributed by atoms with Gasteiger partial charge in [0, 0.05) is 37.9 Å². The molecular formula is C18H20N4O3S. The van der Waals surface area contributed by atoms with Crippen LogP contribution in [0, 0.1) is 6.92 Å². The number of amides is 1. The minimum absolute atomic E-state index is 0.159. The first-order chi connectivity index (χ1) is 12.7. The third-order valence-corrected chi connectivity index (χ3v) is 5.45. The smallest absolute Gasteiger partial charge is 0.223 e. The van der Waals surface area contributed by atoms with Gasteiger partial charge in [0.15, 0.2) is 5.76 Å². The third-order valence-electron chi connectivity index (χ3n) is 4.69. The number of piperidine rings is 1. The minimum Gasteiger partial charge on any atom is -0.469 e. The van der Waals surface area contributed by atoms with E-state index >= 15 is 0 Å². The number of aromatic nitrogens is 3. The highest BCUT2D eigenvalue weighted by Gasteiger charge is 2.29. The lowest BCUT2D eigenvalue weighted by Gasteiger charge is -2.32. The Morgan fingerprint density at radius 1 is 1.46 bits per heavy atom. The second-order valence-electron chi connectivity index (χ2n) is 6.58. The summed E-state index contributed by atoms with van der Waals surface area (Å²) < 4.78 is 14.8. The molecule has 4 heterocycles. The maximum atomic E-state index is 12.6. The summed E-state index contributed by atoms with van der Waals surface area (Å²) in [6, 6.07) is 5.64. The fourth-order valence-electron chi connectivity index (χ4n) is 3.38. The average Bonchev–Trinajstić information content (AvgIpc) is 3.40. The lowest BCUT2D eigenvalue weighted by Crippen LogP contribution is -2.39. The van der Waals surface area contributed by atoms with Crippen LogP contribution in [-0.2, 0) is 11.2 Å². The van der Waals surface area contributed by atoms with Crippen LogP contribution < -0.4 is 0 Å².